The molecule has 1 rings (SSSR count). The SMILES string of the molecule is CCCCC[C@H](O)/C=C/[C@H]1[C@H](O)CC(=O)[C@@H]1CCCCCCC(=O)OCCCCOP(=O)([O-])[O-].[Na+].[Na+]. The summed E-state index contributed by atoms with van der Waals surface area (Å²) in [6.45, 7) is 2.05. The summed E-state index contributed by atoms with van der Waals surface area (Å²) in [4.78, 5) is 44.6. The first-order valence-corrected chi connectivity index (χ1v) is 14.0. The molecule has 36 heavy (non-hydrogen) atoms. The smallest absolute Gasteiger partial charge is 0.790 e. The van der Waals surface area contributed by atoms with Gasteiger partial charge in [0.25, 0.3) is 0 Å². The number of aliphatic hydroxyl groups is 2. The van der Waals surface area contributed by atoms with Crippen molar-refractivity contribution in [3.05, 3.63) is 12.2 Å². The van der Waals surface area contributed by atoms with E-state index in [4.69, 9.17) is 4.74 Å². The number of hydrogen-bond donors (Lipinski definition) is 2. The molecule has 0 spiro atoms. The topological polar surface area (TPSA) is 156 Å². The molecule has 198 valence electrons. The first-order chi connectivity index (χ1) is 16.1. The molecular formula is C24H41Na2O9P. The van der Waals surface area contributed by atoms with Crippen LogP contribution in [0.25, 0.3) is 0 Å². The molecule has 4 atom stereocenters. The number of rotatable bonds is 19. The standard InChI is InChI=1S/C24H43O9P.2Na/c1-2-3-6-11-19(25)14-15-21-20(22(26)18-23(21)27)12-7-4-5-8-13-24(28)32-16-9-10-17-33-34(29,30)31;;/h14-15,19-21,23,25,27H,2-13,16-18H2,1H3,(H2,29,30,31);;/q;2*+1/p-2/b15-14+;;/t19-,20+,21+,23+;;/m0../s1. The number of phosphoric ester groups is 1. The molecule has 0 amide bonds. The number of phosphoric acid groups is 1. The number of aliphatic hydroxyl groups excluding tert-OH is 2. The maximum atomic E-state index is 12.3. The minimum Gasteiger partial charge on any atom is -0.790 e. The van der Waals surface area contributed by atoms with E-state index in [0.29, 0.717) is 32.1 Å². The van der Waals surface area contributed by atoms with Crippen LogP contribution in [-0.2, 0) is 23.4 Å². The van der Waals surface area contributed by atoms with Gasteiger partial charge in [-0.15, -0.1) is 0 Å². The second-order valence-corrected chi connectivity index (χ2v) is 10.2. The van der Waals surface area contributed by atoms with E-state index in [2.05, 4.69) is 11.4 Å². The summed E-state index contributed by atoms with van der Waals surface area (Å²) < 4.78 is 19.5. The Hall–Kier alpha value is 0.910. The molecule has 1 saturated carbocycles. The number of unbranched alkanes of at least 4 members (excludes halogenated alkanes) is 6. The molecule has 0 saturated heterocycles. The van der Waals surface area contributed by atoms with Crippen molar-refractivity contribution in [2.75, 3.05) is 13.2 Å². The van der Waals surface area contributed by atoms with Gasteiger partial charge >= 0.3 is 65.1 Å². The minimum absolute atomic E-state index is 0. The third-order valence-electron chi connectivity index (χ3n) is 6.09. The van der Waals surface area contributed by atoms with Crippen LogP contribution < -0.4 is 68.9 Å². The normalized spacial score (nSPS) is 20.7. The number of carbonyl (C=O) groups excluding carboxylic acids is 2. The van der Waals surface area contributed by atoms with Crippen molar-refractivity contribution in [3.8, 4) is 0 Å². The van der Waals surface area contributed by atoms with Crippen molar-refractivity contribution in [2.24, 2.45) is 11.8 Å². The van der Waals surface area contributed by atoms with Gasteiger partial charge in [0.2, 0.25) is 0 Å². The number of hydrogen-bond acceptors (Lipinski definition) is 9. The van der Waals surface area contributed by atoms with Crippen LogP contribution in [0.2, 0.25) is 0 Å². The summed E-state index contributed by atoms with van der Waals surface area (Å²) in [6.07, 6.45) is 11.2. The zero-order chi connectivity index (χ0) is 25.4. The van der Waals surface area contributed by atoms with Crippen LogP contribution in [0.3, 0.4) is 0 Å². The Kier molecular flexibility index (Phi) is 24.6. The predicted molar refractivity (Wildman–Crippen MR) is 123 cm³/mol. The van der Waals surface area contributed by atoms with Gasteiger partial charge < -0.3 is 33.8 Å². The molecule has 0 heterocycles. The van der Waals surface area contributed by atoms with Crippen LogP contribution in [0.4, 0.5) is 0 Å². The van der Waals surface area contributed by atoms with Gasteiger partial charge in [-0.1, -0.05) is 57.6 Å². The van der Waals surface area contributed by atoms with Crippen molar-refractivity contribution in [1.82, 2.24) is 0 Å². The van der Waals surface area contributed by atoms with Crippen LogP contribution in [0.5, 0.6) is 0 Å². The first kappa shape index (κ1) is 39.1. The Bertz CT molecular complexity index is 672. The van der Waals surface area contributed by atoms with Gasteiger partial charge in [0.15, 0.2) is 0 Å². The fraction of sp³-hybridized carbons (Fsp3) is 0.833. The Labute approximate surface area is 260 Å². The van der Waals surface area contributed by atoms with E-state index in [0.717, 1.165) is 38.5 Å². The second kappa shape index (κ2) is 22.7. The van der Waals surface area contributed by atoms with Crippen LogP contribution >= 0.6 is 7.82 Å². The molecule has 1 aliphatic carbocycles. The maximum Gasteiger partial charge on any atom is 1.00 e. The van der Waals surface area contributed by atoms with E-state index >= 15 is 0 Å². The van der Waals surface area contributed by atoms with Crippen molar-refractivity contribution in [2.45, 2.75) is 103 Å². The van der Waals surface area contributed by atoms with Crippen LogP contribution in [0.15, 0.2) is 12.2 Å². The zero-order valence-electron chi connectivity index (χ0n) is 22.3. The molecule has 0 aromatic rings. The average molecular weight is 551 g/mol. The molecule has 2 N–H and O–H groups in total. The van der Waals surface area contributed by atoms with E-state index < -0.39 is 20.0 Å². The van der Waals surface area contributed by atoms with Gasteiger partial charge in [0.1, 0.15) is 5.78 Å². The Morgan fingerprint density at radius 3 is 2.42 bits per heavy atom. The summed E-state index contributed by atoms with van der Waals surface area (Å²) >= 11 is 0. The third-order valence-corrected chi connectivity index (χ3v) is 6.59. The number of carbonyl (C=O) groups is 2. The summed E-state index contributed by atoms with van der Waals surface area (Å²) in [7, 11) is -4.94. The largest absolute Gasteiger partial charge is 1.00 e. The minimum atomic E-state index is -4.94. The van der Waals surface area contributed by atoms with Crippen molar-refractivity contribution in [1.29, 1.82) is 0 Å². The van der Waals surface area contributed by atoms with E-state index in [1.165, 1.54) is 0 Å². The number of ketones is 1. The van der Waals surface area contributed by atoms with Crippen molar-refractivity contribution < 1.29 is 103 Å². The molecule has 9 nitrogen and oxygen atoms in total. The van der Waals surface area contributed by atoms with Gasteiger partial charge in [-0.3, -0.25) is 9.59 Å². The van der Waals surface area contributed by atoms with Crippen LogP contribution in [-0.4, -0.2) is 47.4 Å². The monoisotopic (exact) mass is 550 g/mol. The van der Waals surface area contributed by atoms with E-state index in [1.807, 2.05) is 6.08 Å². The first-order valence-electron chi connectivity index (χ1n) is 12.5. The van der Waals surface area contributed by atoms with Crippen LogP contribution in [0, 0.1) is 11.8 Å². The summed E-state index contributed by atoms with van der Waals surface area (Å²) in [5.41, 5.74) is 0. The number of Topliss-reactive ketones (excluding diaryl/α,β-unsaturated/α-hetero) is 1. The molecule has 0 aromatic heterocycles. The molecular weight excluding hydrogens is 509 g/mol. The van der Waals surface area contributed by atoms with Crippen molar-refractivity contribution in [3.63, 3.8) is 0 Å². The Morgan fingerprint density at radius 1 is 1.08 bits per heavy atom. The number of esters is 1. The molecule has 1 fully saturated rings. The molecule has 1 aliphatic rings. The Morgan fingerprint density at radius 2 is 1.75 bits per heavy atom. The van der Waals surface area contributed by atoms with E-state index in [-0.39, 0.29) is 109 Å². The van der Waals surface area contributed by atoms with Crippen molar-refractivity contribution >= 4 is 19.6 Å². The zero-order valence-corrected chi connectivity index (χ0v) is 27.2. The van der Waals surface area contributed by atoms with Gasteiger partial charge in [0, 0.05) is 24.7 Å². The summed E-state index contributed by atoms with van der Waals surface area (Å²) in [5, 5.41) is 20.3. The van der Waals surface area contributed by atoms with Crippen LogP contribution in [0.1, 0.15) is 90.4 Å². The van der Waals surface area contributed by atoms with E-state index in [1.54, 1.807) is 6.08 Å². The van der Waals surface area contributed by atoms with E-state index in [9.17, 15) is 34.2 Å². The molecule has 0 bridgehead atoms. The van der Waals surface area contributed by atoms with Gasteiger partial charge in [-0.05, 0) is 32.1 Å². The van der Waals surface area contributed by atoms with Gasteiger partial charge in [-0.25, -0.2) is 0 Å². The molecule has 12 heteroatoms. The fourth-order valence-corrected chi connectivity index (χ4v) is 4.53. The Balaban J connectivity index is 0. The van der Waals surface area contributed by atoms with Gasteiger partial charge in [-0.2, -0.15) is 0 Å². The third kappa shape index (κ3) is 19.0. The summed E-state index contributed by atoms with van der Waals surface area (Å²) in [6, 6.07) is 0. The molecule has 0 unspecified atom stereocenters. The average Bonchev–Trinajstić information content (AvgIpc) is 3.03. The maximum absolute atomic E-state index is 12.3. The second-order valence-electron chi connectivity index (χ2n) is 9.03. The number of ether oxygens (including phenoxy) is 1. The molecule has 0 radical (unpaired) electrons. The van der Waals surface area contributed by atoms with Gasteiger partial charge in [0.05, 0.1) is 33.2 Å². The predicted octanol–water partition coefficient (Wildman–Crippen LogP) is -3.43. The fourth-order valence-electron chi connectivity index (χ4n) is 4.17. The summed E-state index contributed by atoms with van der Waals surface area (Å²) in [5.74, 6) is -0.718. The molecule has 0 aliphatic heterocycles. The molecule has 0 aromatic carbocycles. The quantitative estimate of drug-likeness (QED) is 0.0549.